The summed E-state index contributed by atoms with van der Waals surface area (Å²) in [6.45, 7) is 1.75. The van der Waals surface area contributed by atoms with Gasteiger partial charge in [-0.2, -0.15) is 0 Å². The summed E-state index contributed by atoms with van der Waals surface area (Å²) in [6.07, 6.45) is 3.25. The zero-order valence-corrected chi connectivity index (χ0v) is 20.5. The van der Waals surface area contributed by atoms with Crippen molar-refractivity contribution in [3.63, 3.8) is 0 Å². The molecule has 0 radical (unpaired) electrons. The second-order valence-electron chi connectivity index (χ2n) is 8.65. The summed E-state index contributed by atoms with van der Waals surface area (Å²) in [6, 6.07) is 24.9. The van der Waals surface area contributed by atoms with Gasteiger partial charge in [-0.25, -0.2) is 8.42 Å². The van der Waals surface area contributed by atoms with Gasteiger partial charge >= 0.3 is 0 Å². The van der Waals surface area contributed by atoms with Crippen LogP contribution in [0.15, 0.2) is 102 Å². The molecule has 0 spiro atoms. The molecule has 1 amide bonds. The number of aryl methyl sites for hydroxylation is 1. The van der Waals surface area contributed by atoms with Crippen molar-refractivity contribution in [1.82, 2.24) is 4.98 Å². The highest BCUT2D eigenvalue weighted by Gasteiger charge is 2.37. The van der Waals surface area contributed by atoms with Crippen molar-refractivity contribution >= 4 is 27.3 Å². The first kappa shape index (κ1) is 23.6. The first-order valence-corrected chi connectivity index (χ1v) is 13.0. The Morgan fingerprint density at radius 2 is 1.67 bits per heavy atom. The Balaban J connectivity index is 1.36. The molecule has 8 heteroatoms. The van der Waals surface area contributed by atoms with Gasteiger partial charge in [-0.05, 0) is 78.6 Å². The summed E-state index contributed by atoms with van der Waals surface area (Å²) < 4.78 is 34.2. The average Bonchev–Trinajstić information content (AvgIpc) is 2.90. The van der Waals surface area contributed by atoms with Crippen LogP contribution in [0.3, 0.4) is 0 Å². The van der Waals surface area contributed by atoms with Crippen molar-refractivity contribution in [2.75, 3.05) is 16.2 Å². The van der Waals surface area contributed by atoms with E-state index in [-0.39, 0.29) is 11.4 Å². The molecule has 2 heterocycles. The van der Waals surface area contributed by atoms with E-state index in [1.165, 1.54) is 4.31 Å². The van der Waals surface area contributed by atoms with Crippen LogP contribution in [-0.4, -0.2) is 32.0 Å². The van der Waals surface area contributed by atoms with E-state index < -0.39 is 22.0 Å². The van der Waals surface area contributed by atoms with Crippen LogP contribution in [0.25, 0.3) is 0 Å². The number of pyridine rings is 1. The number of fused-ring (bicyclic) bond motifs is 1. The highest BCUT2D eigenvalue weighted by molar-refractivity contribution is 7.92. The van der Waals surface area contributed by atoms with Gasteiger partial charge in [0, 0.05) is 18.1 Å². The standard InChI is InChI=1S/C28H25N3O4S/c1-20-7-12-25-26(17-20)35-27(19-31(25)36(33,34)24-5-3-2-4-6-24)28(32)30-23-10-8-21(9-11-23)18-22-13-15-29-16-14-22/h2-17,27H,18-19H2,1H3,(H,30,32)/t27-/m0/s1. The molecule has 5 rings (SSSR count). The lowest BCUT2D eigenvalue weighted by Crippen LogP contribution is -2.48. The minimum atomic E-state index is -3.89. The number of nitrogens with one attached hydrogen (secondary N) is 1. The quantitative estimate of drug-likeness (QED) is 0.420. The Labute approximate surface area is 210 Å². The average molecular weight is 500 g/mol. The molecule has 0 saturated carbocycles. The van der Waals surface area contributed by atoms with Gasteiger partial charge in [0.05, 0.1) is 17.1 Å². The molecule has 7 nitrogen and oxygen atoms in total. The Hall–Kier alpha value is -4.17. The Morgan fingerprint density at radius 3 is 2.39 bits per heavy atom. The molecule has 4 aromatic rings. The van der Waals surface area contributed by atoms with Crippen molar-refractivity contribution in [3.8, 4) is 5.75 Å². The van der Waals surface area contributed by atoms with Crippen molar-refractivity contribution in [1.29, 1.82) is 0 Å². The molecule has 1 aromatic heterocycles. The number of sulfonamides is 1. The Morgan fingerprint density at radius 1 is 0.972 bits per heavy atom. The Bertz CT molecular complexity index is 1470. The van der Waals surface area contributed by atoms with Crippen molar-refractivity contribution in [3.05, 3.63) is 114 Å². The minimum Gasteiger partial charge on any atom is -0.476 e. The smallest absolute Gasteiger partial charge is 0.267 e. The first-order valence-electron chi connectivity index (χ1n) is 11.5. The molecule has 0 bridgehead atoms. The SMILES string of the molecule is Cc1ccc2c(c1)O[C@H](C(=O)Nc1ccc(Cc3ccncc3)cc1)CN2S(=O)(=O)c1ccccc1. The Kier molecular flexibility index (Phi) is 6.43. The summed E-state index contributed by atoms with van der Waals surface area (Å²) in [5.41, 5.74) is 4.16. The predicted molar refractivity (Wildman–Crippen MR) is 139 cm³/mol. The number of aromatic nitrogens is 1. The number of hydrogen-bond acceptors (Lipinski definition) is 5. The van der Waals surface area contributed by atoms with Gasteiger partial charge in [0.2, 0.25) is 0 Å². The molecule has 36 heavy (non-hydrogen) atoms. The maximum Gasteiger partial charge on any atom is 0.267 e. The fourth-order valence-electron chi connectivity index (χ4n) is 4.11. The highest BCUT2D eigenvalue weighted by atomic mass is 32.2. The van der Waals surface area contributed by atoms with E-state index in [1.807, 2.05) is 49.4 Å². The second-order valence-corrected chi connectivity index (χ2v) is 10.5. The van der Waals surface area contributed by atoms with Crippen molar-refractivity contribution < 1.29 is 17.9 Å². The zero-order valence-electron chi connectivity index (χ0n) is 19.7. The number of hydrogen-bond donors (Lipinski definition) is 1. The van der Waals surface area contributed by atoms with Crippen LogP contribution in [0.2, 0.25) is 0 Å². The van der Waals surface area contributed by atoms with Gasteiger partial charge in [0.1, 0.15) is 5.75 Å². The summed E-state index contributed by atoms with van der Waals surface area (Å²) in [5.74, 6) is -0.0640. The third kappa shape index (κ3) is 4.94. The number of carbonyl (C=O) groups is 1. The van der Waals surface area contributed by atoms with E-state index in [0.29, 0.717) is 17.1 Å². The molecule has 1 aliphatic rings. The molecular formula is C28H25N3O4S. The predicted octanol–water partition coefficient (Wildman–Crippen LogP) is 4.58. The molecule has 1 atom stereocenters. The van der Waals surface area contributed by atoms with Crippen LogP contribution >= 0.6 is 0 Å². The fraction of sp³-hybridized carbons (Fsp3) is 0.143. The largest absolute Gasteiger partial charge is 0.476 e. The molecule has 1 N–H and O–H groups in total. The van der Waals surface area contributed by atoms with E-state index >= 15 is 0 Å². The number of carbonyl (C=O) groups excluding carboxylic acids is 1. The van der Waals surface area contributed by atoms with Gasteiger partial charge in [0.25, 0.3) is 15.9 Å². The lowest BCUT2D eigenvalue weighted by atomic mass is 10.1. The van der Waals surface area contributed by atoms with E-state index in [1.54, 1.807) is 54.9 Å². The van der Waals surface area contributed by atoms with E-state index in [0.717, 1.165) is 23.1 Å². The summed E-state index contributed by atoms with van der Waals surface area (Å²) in [4.78, 5) is 17.4. The van der Waals surface area contributed by atoms with Gasteiger partial charge < -0.3 is 10.1 Å². The van der Waals surface area contributed by atoms with Gasteiger partial charge in [0.15, 0.2) is 6.10 Å². The summed E-state index contributed by atoms with van der Waals surface area (Å²) in [7, 11) is -3.89. The minimum absolute atomic E-state index is 0.140. The van der Waals surface area contributed by atoms with Crippen molar-refractivity contribution in [2.24, 2.45) is 0 Å². The number of rotatable bonds is 6. The van der Waals surface area contributed by atoms with Gasteiger partial charge in [-0.1, -0.05) is 36.4 Å². The fourth-order valence-corrected chi connectivity index (χ4v) is 5.61. The summed E-state index contributed by atoms with van der Waals surface area (Å²) in [5, 5.41) is 2.86. The van der Waals surface area contributed by atoms with E-state index in [2.05, 4.69) is 10.3 Å². The summed E-state index contributed by atoms with van der Waals surface area (Å²) >= 11 is 0. The van der Waals surface area contributed by atoms with Crippen LogP contribution in [-0.2, 0) is 21.2 Å². The molecule has 182 valence electrons. The van der Waals surface area contributed by atoms with E-state index in [4.69, 9.17) is 4.74 Å². The molecule has 0 fully saturated rings. The normalized spacial score (nSPS) is 15.0. The molecule has 0 saturated heterocycles. The third-order valence-corrected chi connectivity index (χ3v) is 7.78. The molecule has 0 unspecified atom stereocenters. The molecule has 1 aliphatic heterocycles. The van der Waals surface area contributed by atoms with Crippen LogP contribution in [0.1, 0.15) is 16.7 Å². The lowest BCUT2D eigenvalue weighted by molar-refractivity contribution is -0.122. The van der Waals surface area contributed by atoms with E-state index in [9.17, 15) is 13.2 Å². The maximum absolute atomic E-state index is 13.5. The number of nitrogens with zero attached hydrogens (tertiary/aromatic N) is 2. The van der Waals surface area contributed by atoms with Crippen LogP contribution in [0, 0.1) is 6.92 Å². The monoisotopic (exact) mass is 499 g/mol. The number of anilines is 2. The lowest BCUT2D eigenvalue weighted by Gasteiger charge is -2.35. The van der Waals surface area contributed by atoms with Crippen LogP contribution < -0.4 is 14.4 Å². The van der Waals surface area contributed by atoms with Crippen molar-refractivity contribution in [2.45, 2.75) is 24.3 Å². The van der Waals surface area contributed by atoms with Gasteiger partial charge in [-0.3, -0.25) is 14.1 Å². The first-order chi connectivity index (χ1) is 17.4. The number of ether oxygens (including phenoxy) is 1. The molecule has 0 aliphatic carbocycles. The third-order valence-electron chi connectivity index (χ3n) is 5.99. The second kappa shape index (κ2) is 9.83. The topological polar surface area (TPSA) is 88.6 Å². The maximum atomic E-state index is 13.5. The van der Waals surface area contributed by atoms with Crippen LogP contribution in [0.5, 0.6) is 5.75 Å². The number of benzene rings is 3. The highest BCUT2D eigenvalue weighted by Crippen LogP contribution is 2.37. The molecular weight excluding hydrogens is 474 g/mol. The molecule has 3 aromatic carbocycles. The zero-order chi connectivity index (χ0) is 25.1. The number of amides is 1. The van der Waals surface area contributed by atoms with Gasteiger partial charge in [-0.15, -0.1) is 0 Å². The van der Waals surface area contributed by atoms with Crippen LogP contribution in [0.4, 0.5) is 11.4 Å².